The van der Waals surface area contributed by atoms with Crippen molar-refractivity contribution < 1.29 is 9.84 Å². The topological polar surface area (TPSA) is 29.5 Å². The Hall–Kier alpha value is -0.0800. The van der Waals surface area contributed by atoms with Gasteiger partial charge in [-0.15, -0.1) is 0 Å². The highest BCUT2D eigenvalue weighted by molar-refractivity contribution is 4.50. The predicted octanol–water partition coefficient (Wildman–Crippen LogP) is 0.651. The van der Waals surface area contributed by atoms with Crippen molar-refractivity contribution in [2.75, 3.05) is 20.3 Å². The van der Waals surface area contributed by atoms with Crippen LogP contribution in [0, 0.1) is 5.92 Å². The summed E-state index contributed by atoms with van der Waals surface area (Å²) in [5, 5.41) is 8.58. The highest BCUT2D eigenvalue weighted by Gasteiger charge is 2.00. The summed E-state index contributed by atoms with van der Waals surface area (Å²) in [6.45, 7) is 2.96. The van der Waals surface area contributed by atoms with Crippen molar-refractivity contribution >= 4 is 0 Å². The summed E-state index contributed by atoms with van der Waals surface area (Å²) >= 11 is 0. The molecule has 1 N–H and O–H groups in total. The van der Waals surface area contributed by atoms with Crippen LogP contribution < -0.4 is 0 Å². The van der Waals surface area contributed by atoms with Gasteiger partial charge >= 0.3 is 0 Å². The van der Waals surface area contributed by atoms with Gasteiger partial charge < -0.3 is 9.84 Å². The molecule has 50 valence electrons. The van der Waals surface area contributed by atoms with Crippen LogP contribution in [-0.4, -0.2) is 25.4 Å². The Morgan fingerprint density at radius 3 is 2.38 bits per heavy atom. The van der Waals surface area contributed by atoms with Crippen LogP contribution in [0.4, 0.5) is 0 Å². The zero-order valence-corrected chi connectivity index (χ0v) is 5.55. The van der Waals surface area contributed by atoms with Crippen LogP contribution >= 0.6 is 0 Å². The molecule has 8 heavy (non-hydrogen) atoms. The Kier molecular flexibility index (Phi) is 5.01. The van der Waals surface area contributed by atoms with Crippen molar-refractivity contribution in [3.05, 3.63) is 0 Å². The van der Waals surface area contributed by atoms with Gasteiger partial charge in [-0.2, -0.15) is 0 Å². The average Bonchev–Trinajstić information content (AvgIpc) is 1.83. The minimum absolute atomic E-state index is 0.240. The molecule has 0 saturated carbocycles. The largest absolute Gasteiger partial charge is 0.396 e. The molecule has 0 unspecified atom stereocenters. The van der Waals surface area contributed by atoms with Crippen LogP contribution in [0.25, 0.3) is 0 Å². The SMILES string of the molecule is CC[C@@H](CO)COC. The quantitative estimate of drug-likeness (QED) is 0.587. The average molecular weight is 118 g/mol. The highest BCUT2D eigenvalue weighted by atomic mass is 16.5. The van der Waals surface area contributed by atoms with E-state index in [1.54, 1.807) is 7.11 Å². The van der Waals surface area contributed by atoms with E-state index in [0.717, 1.165) is 6.42 Å². The summed E-state index contributed by atoms with van der Waals surface area (Å²) < 4.78 is 4.83. The molecule has 0 fully saturated rings. The van der Waals surface area contributed by atoms with Crippen molar-refractivity contribution in [2.24, 2.45) is 5.92 Å². The molecule has 0 aromatic heterocycles. The van der Waals surface area contributed by atoms with E-state index in [1.165, 1.54) is 0 Å². The van der Waals surface area contributed by atoms with Gasteiger partial charge in [0, 0.05) is 19.6 Å². The number of hydrogen-bond acceptors (Lipinski definition) is 2. The van der Waals surface area contributed by atoms with Gasteiger partial charge in [0.05, 0.1) is 6.61 Å². The maximum atomic E-state index is 8.58. The fourth-order valence-corrected chi connectivity index (χ4v) is 0.535. The number of aliphatic hydroxyl groups excluding tert-OH is 1. The first kappa shape index (κ1) is 7.92. The molecule has 2 nitrogen and oxygen atoms in total. The molecule has 0 aromatic rings. The third-order valence-electron chi connectivity index (χ3n) is 1.24. The molecule has 0 bridgehead atoms. The number of methoxy groups -OCH3 is 1. The summed E-state index contributed by atoms with van der Waals surface area (Å²) in [7, 11) is 1.65. The van der Waals surface area contributed by atoms with E-state index in [-0.39, 0.29) is 6.61 Å². The fourth-order valence-electron chi connectivity index (χ4n) is 0.535. The molecule has 0 amide bonds. The van der Waals surface area contributed by atoms with Crippen molar-refractivity contribution in [3.8, 4) is 0 Å². The second kappa shape index (κ2) is 5.06. The molecule has 0 aliphatic heterocycles. The first-order chi connectivity index (χ1) is 3.85. The second-order valence-electron chi connectivity index (χ2n) is 1.91. The van der Waals surface area contributed by atoms with E-state index in [2.05, 4.69) is 0 Å². The summed E-state index contributed by atoms with van der Waals surface area (Å²) in [5.41, 5.74) is 0. The summed E-state index contributed by atoms with van der Waals surface area (Å²) in [6, 6.07) is 0. The lowest BCUT2D eigenvalue weighted by Crippen LogP contribution is -2.10. The maximum Gasteiger partial charge on any atom is 0.0512 e. The molecule has 0 aliphatic rings. The Balaban J connectivity index is 3.07. The Morgan fingerprint density at radius 1 is 1.62 bits per heavy atom. The van der Waals surface area contributed by atoms with Gasteiger partial charge in [-0.1, -0.05) is 6.92 Å². The zero-order valence-electron chi connectivity index (χ0n) is 5.55. The second-order valence-corrected chi connectivity index (χ2v) is 1.91. The molecular weight excluding hydrogens is 104 g/mol. The molecule has 1 atom stereocenters. The molecule has 2 heteroatoms. The van der Waals surface area contributed by atoms with Gasteiger partial charge in [-0.3, -0.25) is 0 Å². The van der Waals surface area contributed by atoms with E-state index >= 15 is 0 Å². The Morgan fingerprint density at radius 2 is 2.25 bits per heavy atom. The Labute approximate surface area is 50.5 Å². The van der Waals surface area contributed by atoms with Crippen molar-refractivity contribution in [2.45, 2.75) is 13.3 Å². The van der Waals surface area contributed by atoms with E-state index in [0.29, 0.717) is 12.5 Å². The standard InChI is InChI=1S/C6H14O2/c1-3-6(4-7)5-8-2/h6-7H,3-5H2,1-2H3/t6-/m0/s1. The first-order valence-electron chi connectivity index (χ1n) is 2.95. The van der Waals surface area contributed by atoms with Gasteiger partial charge in [-0.05, 0) is 6.42 Å². The lowest BCUT2D eigenvalue weighted by atomic mass is 10.1. The summed E-state index contributed by atoms with van der Waals surface area (Å²) in [6.07, 6.45) is 0.990. The number of hydrogen-bond donors (Lipinski definition) is 1. The predicted molar refractivity (Wildman–Crippen MR) is 32.7 cm³/mol. The smallest absolute Gasteiger partial charge is 0.0512 e. The normalized spacial score (nSPS) is 13.9. The van der Waals surface area contributed by atoms with Crippen LogP contribution in [0.1, 0.15) is 13.3 Å². The van der Waals surface area contributed by atoms with Gasteiger partial charge in [0.2, 0.25) is 0 Å². The molecule has 0 aliphatic carbocycles. The number of ether oxygens (including phenoxy) is 1. The van der Waals surface area contributed by atoms with Crippen molar-refractivity contribution in [1.82, 2.24) is 0 Å². The van der Waals surface area contributed by atoms with Crippen LogP contribution in [0.2, 0.25) is 0 Å². The van der Waals surface area contributed by atoms with Crippen molar-refractivity contribution in [3.63, 3.8) is 0 Å². The van der Waals surface area contributed by atoms with Gasteiger partial charge in [0.1, 0.15) is 0 Å². The maximum absolute atomic E-state index is 8.58. The number of rotatable bonds is 4. The number of aliphatic hydroxyl groups is 1. The van der Waals surface area contributed by atoms with Crippen LogP contribution in [0.3, 0.4) is 0 Å². The molecule has 0 aromatic carbocycles. The molecule has 0 spiro atoms. The fraction of sp³-hybridized carbons (Fsp3) is 1.00. The van der Waals surface area contributed by atoms with Crippen LogP contribution in [0.15, 0.2) is 0 Å². The highest BCUT2D eigenvalue weighted by Crippen LogP contribution is 1.99. The molecule has 0 saturated heterocycles. The van der Waals surface area contributed by atoms with Crippen LogP contribution in [-0.2, 0) is 4.74 Å². The Bertz CT molecular complexity index is 41.8. The summed E-state index contributed by atoms with van der Waals surface area (Å²) in [4.78, 5) is 0. The molecule has 0 heterocycles. The zero-order chi connectivity index (χ0) is 6.41. The minimum atomic E-state index is 0.240. The van der Waals surface area contributed by atoms with E-state index in [9.17, 15) is 0 Å². The van der Waals surface area contributed by atoms with Crippen molar-refractivity contribution in [1.29, 1.82) is 0 Å². The van der Waals surface area contributed by atoms with Gasteiger partial charge in [0.15, 0.2) is 0 Å². The lowest BCUT2D eigenvalue weighted by Gasteiger charge is -2.07. The van der Waals surface area contributed by atoms with E-state index in [4.69, 9.17) is 9.84 Å². The molecule has 0 rings (SSSR count). The minimum Gasteiger partial charge on any atom is -0.396 e. The molecular formula is C6H14O2. The van der Waals surface area contributed by atoms with Gasteiger partial charge in [-0.25, -0.2) is 0 Å². The lowest BCUT2D eigenvalue weighted by molar-refractivity contribution is 0.108. The molecule has 0 radical (unpaired) electrons. The third kappa shape index (κ3) is 2.99. The van der Waals surface area contributed by atoms with Crippen LogP contribution in [0.5, 0.6) is 0 Å². The monoisotopic (exact) mass is 118 g/mol. The van der Waals surface area contributed by atoms with Gasteiger partial charge in [0.25, 0.3) is 0 Å². The third-order valence-corrected chi connectivity index (χ3v) is 1.24. The van der Waals surface area contributed by atoms with E-state index < -0.39 is 0 Å². The van der Waals surface area contributed by atoms with E-state index in [1.807, 2.05) is 6.92 Å². The first-order valence-corrected chi connectivity index (χ1v) is 2.95. The summed E-state index contributed by atoms with van der Waals surface area (Å²) in [5.74, 6) is 0.333.